The highest BCUT2D eigenvalue weighted by Gasteiger charge is 2.07. The number of aryl methyl sites for hydroxylation is 1. The van der Waals surface area contributed by atoms with Gasteiger partial charge in [0, 0.05) is 12.1 Å². The molecule has 0 aliphatic heterocycles. The van der Waals surface area contributed by atoms with Crippen LogP contribution in [0.2, 0.25) is 0 Å². The van der Waals surface area contributed by atoms with E-state index >= 15 is 0 Å². The summed E-state index contributed by atoms with van der Waals surface area (Å²) in [4.78, 5) is 11.1. The van der Waals surface area contributed by atoms with Crippen LogP contribution in [-0.2, 0) is 16.1 Å². The Morgan fingerprint density at radius 2 is 2.09 bits per heavy atom. The van der Waals surface area contributed by atoms with Gasteiger partial charge in [0.15, 0.2) is 11.5 Å². The van der Waals surface area contributed by atoms with Gasteiger partial charge in [-0.2, -0.15) is 0 Å². The summed E-state index contributed by atoms with van der Waals surface area (Å²) in [5, 5.41) is 3.86. The number of carbonyl (C=O) groups is 1. The third-order valence-corrected chi connectivity index (χ3v) is 2.85. The van der Waals surface area contributed by atoms with Gasteiger partial charge in [-0.05, 0) is 30.7 Å². The second kappa shape index (κ2) is 7.31. The van der Waals surface area contributed by atoms with Crippen molar-refractivity contribution in [1.82, 2.24) is 5.16 Å². The molecule has 0 N–H and O–H groups in total. The zero-order valence-corrected chi connectivity index (χ0v) is 12.7. The first-order valence-corrected chi connectivity index (χ1v) is 6.61. The van der Waals surface area contributed by atoms with E-state index in [1.54, 1.807) is 31.4 Å². The van der Waals surface area contributed by atoms with Crippen molar-refractivity contribution in [2.75, 3.05) is 14.2 Å². The molecule has 1 aromatic heterocycles. The molecule has 2 rings (SSSR count). The molecular weight excluding hydrogens is 286 g/mol. The second-order valence-corrected chi connectivity index (χ2v) is 4.48. The van der Waals surface area contributed by atoms with Crippen molar-refractivity contribution in [2.24, 2.45) is 0 Å². The molecule has 0 aliphatic rings. The van der Waals surface area contributed by atoms with Crippen LogP contribution in [0.4, 0.5) is 0 Å². The molecule has 22 heavy (non-hydrogen) atoms. The summed E-state index contributed by atoms with van der Waals surface area (Å²) in [7, 11) is 2.88. The number of hydrogen-bond acceptors (Lipinski definition) is 6. The Bertz CT molecular complexity index is 675. The van der Waals surface area contributed by atoms with Crippen LogP contribution >= 0.6 is 0 Å². The molecule has 0 saturated carbocycles. The van der Waals surface area contributed by atoms with E-state index in [2.05, 4.69) is 9.89 Å². The van der Waals surface area contributed by atoms with E-state index in [0.717, 1.165) is 11.3 Å². The molecule has 6 heteroatoms. The van der Waals surface area contributed by atoms with Gasteiger partial charge in [-0.25, -0.2) is 4.79 Å². The zero-order valence-electron chi connectivity index (χ0n) is 12.7. The van der Waals surface area contributed by atoms with Crippen LogP contribution in [-0.4, -0.2) is 25.3 Å². The lowest BCUT2D eigenvalue weighted by Crippen LogP contribution is -1.98. The maximum absolute atomic E-state index is 11.1. The standard InChI is InChI=1S/C16H17NO5/c1-11-8-13(17-22-11)10-21-14-6-4-12(9-15(14)19-2)5-7-16(18)20-3/h4-9H,10H2,1-3H3/b7-5+. The lowest BCUT2D eigenvalue weighted by molar-refractivity contribution is -0.134. The molecule has 1 aromatic carbocycles. The third-order valence-electron chi connectivity index (χ3n) is 2.85. The number of rotatable bonds is 6. The fourth-order valence-corrected chi connectivity index (χ4v) is 1.78. The molecule has 116 valence electrons. The van der Waals surface area contributed by atoms with Crippen LogP contribution in [0.5, 0.6) is 11.5 Å². The van der Waals surface area contributed by atoms with E-state index in [9.17, 15) is 4.79 Å². The summed E-state index contributed by atoms with van der Waals surface area (Å²) in [5.41, 5.74) is 1.50. The van der Waals surface area contributed by atoms with Gasteiger partial charge in [0.1, 0.15) is 18.1 Å². The van der Waals surface area contributed by atoms with E-state index in [0.29, 0.717) is 17.2 Å². The van der Waals surface area contributed by atoms with Crippen molar-refractivity contribution in [3.05, 3.63) is 47.4 Å². The minimum Gasteiger partial charge on any atom is -0.493 e. The van der Waals surface area contributed by atoms with Crippen LogP contribution in [0.15, 0.2) is 34.9 Å². The van der Waals surface area contributed by atoms with Crippen molar-refractivity contribution < 1.29 is 23.5 Å². The highest BCUT2D eigenvalue weighted by Crippen LogP contribution is 2.29. The predicted octanol–water partition coefficient (Wildman–Crippen LogP) is 2.76. The van der Waals surface area contributed by atoms with Gasteiger partial charge in [0.05, 0.1) is 14.2 Å². The average Bonchev–Trinajstić information content (AvgIpc) is 2.96. The zero-order chi connectivity index (χ0) is 15.9. The van der Waals surface area contributed by atoms with Crippen molar-refractivity contribution in [2.45, 2.75) is 13.5 Å². The number of methoxy groups -OCH3 is 2. The van der Waals surface area contributed by atoms with Crippen LogP contribution in [0.1, 0.15) is 17.0 Å². The second-order valence-electron chi connectivity index (χ2n) is 4.48. The normalized spacial score (nSPS) is 10.7. The Morgan fingerprint density at radius 3 is 2.73 bits per heavy atom. The largest absolute Gasteiger partial charge is 0.493 e. The molecule has 0 aliphatic carbocycles. The minimum atomic E-state index is -0.416. The number of esters is 1. The molecule has 2 aromatic rings. The van der Waals surface area contributed by atoms with Crippen molar-refractivity contribution in [3.63, 3.8) is 0 Å². The monoisotopic (exact) mass is 303 g/mol. The average molecular weight is 303 g/mol. The van der Waals surface area contributed by atoms with E-state index in [4.69, 9.17) is 14.0 Å². The SMILES string of the molecule is COC(=O)/C=C/c1ccc(OCc2cc(C)on2)c(OC)c1. The van der Waals surface area contributed by atoms with Crippen molar-refractivity contribution in [1.29, 1.82) is 0 Å². The molecule has 0 radical (unpaired) electrons. The highest BCUT2D eigenvalue weighted by atomic mass is 16.5. The molecule has 0 unspecified atom stereocenters. The molecular formula is C16H17NO5. The van der Waals surface area contributed by atoms with Gasteiger partial charge in [0.25, 0.3) is 0 Å². The van der Waals surface area contributed by atoms with Crippen LogP contribution < -0.4 is 9.47 Å². The summed E-state index contributed by atoms with van der Waals surface area (Å²) >= 11 is 0. The Hall–Kier alpha value is -2.76. The van der Waals surface area contributed by atoms with Gasteiger partial charge in [-0.1, -0.05) is 11.2 Å². The number of carbonyl (C=O) groups excluding carboxylic acids is 1. The lowest BCUT2D eigenvalue weighted by atomic mass is 10.2. The number of nitrogens with zero attached hydrogens (tertiary/aromatic N) is 1. The smallest absolute Gasteiger partial charge is 0.330 e. The molecule has 0 amide bonds. The molecule has 0 saturated heterocycles. The maximum atomic E-state index is 11.1. The molecule has 1 heterocycles. The number of aromatic nitrogens is 1. The van der Waals surface area contributed by atoms with E-state index < -0.39 is 5.97 Å². The topological polar surface area (TPSA) is 70.8 Å². The number of benzene rings is 1. The minimum absolute atomic E-state index is 0.283. The van der Waals surface area contributed by atoms with Crippen LogP contribution in [0, 0.1) is 6.92 Å². The quantitative estimate of drug-likeness (QED) is 0.603. The molecule has 0 bridgehead atoms. The highest BCUT2D eigenvalue weighted by molar-refractivity contribution is 5.87. The summed E-state index contributed by atoms with van der Waals surface area (Å²) in [5.74, 6) is 1.46. The fourth-order valence-electron chi connectivity index (χ4n) is 1.78. The third kappa shape index (κ3) is 4.12. The van der Waals surface area contributed by atoms with E-state index in [1.165, 1.54) is 13.2 Å². The number of hydrogen-bond donors (Lipinski definition) is 0. The van der Waals surface area contributed by atoms with Gasteiger partial charge >= 0.3 is 5.97 Å². The molecule has 0 fully saturated rings. The van der Waals surface area contributed by atoms with Crippen molar-refractivity contribution >= 4 is 12.0 Å². The van der Waals surface area contributed by atoms with Crippen LogP contribution in [0.25, 0.3) is 6.08 Å². The summed E-state index contributed by atoms with van der Waals surface area (Å²) in [6, 6.07) is 7.15. The maximum Gasteiger partial charge on any atom is 0.330 e. The van der Waals surface area contributed by atoms with Crippen LogP contribution in [0.3, 0.4) is 0 Å². The summed E-state index contributed by atoms with van der Waals surface area (Å²) in [6.45, 7) is 2.10. The van der Waals surface area contributed by atoms with Gasteiger partial charge in [-0.3, -0.25) is 0 Å². The molecule has 6 nitrogen and oxygen atoms in total. The first kappa shape index (κ1) is 15.6. The Morgan fingerprint density at radius 1 is 1.27 bits per heavy atom. The Labute approximate surface area is 128 Å². The first-order valence-electron chi connectivity index (χ1n) is 6.61. The van der Waals surface area contributed by atoms with E-state index in [-0.39, 0.29) is 6.61 Å². The predicted molar refractivity (Wildman–Crippen MR) is 79.6 cm³/mol. The number of ether oxygens (including phenoxy) is 3. The first-order chi connectivity index (χ1) is 10.6. The fraction of sp³-hybridized carbons (Fsp3) is 0.250. The van der Waals surface area contributed by atoms with E-state index in [1.807, 2.05) is 13.0 Å². The molecule has 0 spiro atoms. The summed E-state index contributed by atoms with van der Waals surface area (Å²) in [6.07, 6.45) is 2.98. The Balaban J connectivity index is 2.08. The van der Waals surface area contributed by atoms with Gasteiger partial charge in [-0.15, -0.1) is 0 Å². The summed E-state index contributed by atoms with van der Waals surface area (Å²) < 4.78 is 20.5. The van der Waals surface area contributed by atoms with Gasteiger partial charge in [0.2, 0.25) is 0 Å². The Kier molecular flexibility index (Phi) is 5.19. The lowest BCUT2D eigenvalue weighted by Gasteiger charge is -2.10. The van der Waals surface area contributed by atoms with Crippen molar-refractivity contribution in [3.8, 4) is 11.5 Å². The molecule has 0 atom stereocenters. The van der Waals surface area contributed by atoms with Gasteiger partial charge < -0.3 is 18.7 Å².